The maximum absolute atomic E-state index is 14.4. The van der Waals surface area contributed by atoms with Gasteiger partial charge in [-0.3, -0.25) is 4.79 Å². The molecule has 0 fully saturated rings. The van der Waals surface area contributed by atoms with Crippen molar-refractivity contribution < 1.29 is 77.0 Å². The van der Waals surface area contributed by atoms with Gasteiger partial charge in [0, 0.05) is 42.0 Å². The van der Waals surface area contributed by atoms with E-state index in [0.29, 0.717) is 16.4 Å². The molecule has 0 aliphatic carbocycles. The van der Waals surface area contributed by atoms with Gasteiger partial charge in [-0.05, 0) is 31.2 Å². The maximum Gasteiger partial charge on any atom is 1.00 e. The number of thiazole rings is 1. The first-order valence-electron chi connectivity index (χ1n) is 8.49. The van der Waals surface area contributed by atoms with E-state index in [4.69, 9.17) is 0 Å². The molecule has 3 N–H and O–H groups in total. The van der Waals surface area contributed by atoms with E-state index in [2.05, 4.69) is 10.3 Å². The number of halogens is 1. The molecular formula is C19H19FKN3O4S. The van der Waals surface area contributed by atoms with Crippen molar-refractivity contribution in [2.45, 2.75) is 26.1 Å². The molecule has 1 unspecified atom stereocenters. The van der Waals surface area contributed by atoms with E-state index in [1.165, 1.54) is 42.1 Å². The zero-order valence-electron chi connectivity index (χ0n) is 16.9. The Morgan fingerprint density at radius 2 is 2.00 bits per heavy atom. The quantitative estimate of drug-likeness (QED) is 0.466. The predicted molar refractivity (Wildman–Crippen MR) is 105 cm³/mol. The van der Waals surface area contributed by atoms with Crippen LogP contribution in [0, 0.1) is 0 Å². The molecule has 2 heterocycles. The van der Waals surface area contributed by atoms with E-state index in [9.17, 15) is 24.2 Å². The van der Waals surface area contributed by atoms with E-state index in [1.807, 2.05) is 6.92 Å². The van der Waals surface area contributed by atoms with Gasteiger partial charge in [-0.1, -0.05) is 0 Å². The number of alkyl halides is 1. The Morgan fingerprint density at radius 1 is 1.31 bits per heavy atom. The van der Waals surface area contributed by atoms with Gasteiger partial charge in [0.2, 0.25) is 0 Å². The van der Waals surface area contributed by atoms with E-state index < -0.39 is 18.0 Å². The summed E-state index contributed by atoms with van der Waals surface area (Å²) in [5.41, 5.74) is 0.756. The summed E-state index contributed by atoms with van der Waals surface area (Å²) < 4.78 is 16.0. The third-order valence-corrected chi connectivity index (χ3v) is 5.13. The summed E-state index contributed by atoms with van der Waals surface area (Å²) in [6.07, 6.45) is 2.34. The van der Waals surface area contributed by atoms with E-state index in [-0.39, 0.29) is 76.2 Å². The van der Waals surface area contributed by atoms with Crippen LogP contribution in [0.25, 0.3) is 10.6 Å². The number of anilines is 1. The first-order chi connectivity index (χ1) is 13.4. The smallest absolute Gasteiger partial charge is 1.00 e. The Kier molecular flexibility index (Phi) is 8.55. The number of carbonyl (C=O) groups excluding carboxylic acids is 1. The molecule has 0 saturated carbocycles. The minimum atomic E-state index is -1.85. The number of aromatic nitrogens is 2. The first kappa shape index (κ1) is 23.7. The molecule has 10 heteroatoms. The zero-order chi connectivity index (χ0) is 20.3. The van der Waals surface area contributed by atoms with Gasteiger partial charge in [0.15, 0.2) is 6.17 Å². The summed E-state index contributed by atoms with van der Waals surface area (Å²) in [6, 6.07) is 6.46. The van der Waals surface area contributed by atoms with Crippen LogP contribution >= 0.6 is 11.3 Å². The fourth-order valence-corrected chi connectivity index (χ4v) is 3.52. The Hall–Kier alpha value is -1.56. The van der Waals surface area contributed by atoms with Crippen molar-refractivity contribution >= 4 is 28.9 Å². The molecule has 29 heavy (non-hydrogen) atoms. The second kappa shape index (κ2) is 10.5. The zero-order valence-corrected chi connectivity index (χ0v) is 19.9. The molecule has 2 aromatic heterocycles. The van der Waals surface area contributed by atoms with E-state index in [1.54, 1.807) is 16.7 Å². The van der Waals surface area contributed by atoms with Crippen LogP contribution in [0.3, 0.4) is 0 Å². The Bertz CT molecular complexity index is 1010. The number of aromatic carboxylic acids is 1. The number of phenolic OH excluding ortho intramolecular Hbond substituents is 1. The molecule has 0 bridgehead atoms. The molecule has 1 amide bonds. The van der Waals surface area contributed by atoms with Crippen molar-refractivity contribution in [1.29, 1.82) is 0 Å². The Balaban J connectivity index is 0.00000225. The first-order valence-corrected chi connectivity index (χ1v) is 9.31. The van der Waals surface area contributed by atoms with Gasteiger partial charge in [-0.25, -0.2) is 14.2 Å². The molecule has 0 saturated heterocycles. The van der Waals surface area contributed by atoms with Crippen molar-refractivity contribution in [3.63, 3.8) is 0 Å². The van der Waals surface area contributed by atoms with Crippen molar-refractivity contribution in [3.8, 4) is 16.3 Å². The largest absolute Gasteiger partial charge is 1.00 e. The maximum atomic E-state index is 14.4. The Labute approximate surface area is 214 Å². The van der Waals surface area contributed by atoms with Crippen LogP contribution < -0.4 is 56.7 Å². The fraction of sp³-hybridized carbons (Fsp3) is 0.211. The van der Waals surface area contributed by atoms with Gasteiger partial charge in [-0.15, -0.1) is 11.3 Å². The third-order valence-electron chi connectivity index (χ3n) is 4.07. The van der Waals surface area contributed by atoms with Gasteiger partial charge in [0.05, 0.1) is 5.69 Å². The Morgan fingerprint density at radius 3 is 2.62 bits per heavy atom. The second-order valence-corrected chi connectivity index (χ2v) is 7.18. The number of carboxylic acid groups (broad SMARTS) is 1. The minimum absolute atomic E-state index is 0. The molecule has 0 aliphatic rings. The number of benzene rings is 1. The molecule has 0 spiro atoms. The van der Waals surface area contributed by atoms with Crippen LogP contribution in [-0.4, -0.2) is 37.8 Å². The van der Waals surface area contributed by atoms with Crippen molar-refractivity contribution in [2.75, 3.05) is 5.32 Å². The molecule has 148 valence electrons. The number of carbonyl (C=O) groups is 2. The number of amides is 1. The molecule has 1 aromatic carbocycles. The number of nitrogens with one attached hydrogen (secondary N) is 1. The molecule has 1 atom stereocenters. The van der Waals surface area contributed by atoms with Crippen LogP contribution in [0.2, 0.25) is 0 Å². The molecule has 3 rings (SSSR count). The van der Waals surface area contributed by atoms with Crippen LogP contribution in [0.5, 0.6) is 5.75 Å². The normalized spacial score (nSPS) is 11.5. The second-order valence-electron chi connectivity index (χ2n) is 6.06. The van der Waals surface area contributed by atoms with E-state index >= 15 is 0 Å². The SMILES string of the molecule is CCn1cc(NC(=O)C(F)Cc2cnc(-c3ccc(O)cc3)s2)c(C(=O)O)c1.[H-].[K+]. The van der Waals surface area contributed by atoms with E-state index in [0.717, 1.165) is 5.56 Å². The summed E-state index contributed by atoms with van der Waals surface area (Å²) in [5.74, 6) is -1.96. The number of hydrogen-bond acceptors (Lipinski definition) is 5. The standard InChI is InChI=1S/C19H18FN3O4S.K.H/c1-2-23-9-14(19(26)27)16(10-23)22-17(25)15(20)7-13-8-21-18(28-13)11-3-5-12(24)6-4-11;;/h3-6,8-10,15,24H,2,7H2,1H3,(H,22,25)(H,26,27);;/q;+1;-1. The van der Waals surface area contributed by atoms with Gasteiger partial charge in [0.1, 0.15) is 16.3 Å². The van der Waals surface area contributed by atoms with Crippen LogP contribution in [-0.2, 0) is 17.8 Å². The van der Waals surface area contributed by atoms with Crippen molar-refractivity contribution in [3.05, 3.63) is 53.3 Å². The number of hydrogen-bond donors (Lipinski definition) is 3. The number of aromatic hydroxyl groups is 1. The fourth-order valence-electron chi connectivity index (χ4n) is 2.58. The van der Waals surface area contributed by atoms with Gasteiger partial charge in [-0.2, -0.15) is 0 Å². The average Bonchev–Trinajstić information content (AvgIpc) is 3.29. The predicted octanol–water partition coefficient (Wildman–Crippen LogP) is 0.671. The van der Waals surface area contributed by atoms with Crippen molar-refractivity contribution in [2.24, 2.45) is 0 Å². The number of rotatable bonds is 7. The van der Waals surface area contributed by atoms with Crippen LogP contribution in [0.15, 0.2) is 42.9 Å². The van der Waals surface area contributed by atoms with Gasteiger partial charge < -0.3 is 21.5 Å². The number of nitrogens with zero attached hydrogens (tertiary/aromatic N) is 2. The van der Waals surface area contributed by atoms with Gasteiger partial charge in [0.25, 0.3) is 5.91 Å². The number of carboxylic acids is 1. The summed E-state index contributed by atoms with van der Waals surface area (Å²) in [4.78, 5) is 28.2. The third kappa shape index (κ3) is 5.97. The molecule has 3 aromatic rings. The van der Waals surface area contributed by atoms with Crippen LogP contribution in [0.4, 0.5) is 10.1 Å². The molecule has 7 nitrogen and oxygen atoms in total. The summed E-state index contributed by atoms with van der Waals surface area (Å²) >= 11 is 1.25. The van der Waals surface area contributed by atoms with Gasteiger partial charge >= 0.3 is 57.4 Å². The summed E-state index contributed by atoms with van der Waals surface area (Å²) in [5, 5.41) is 21.5. The van der Waals surface area contributed by atoms with Crippen LogP contribution in [0.1, 0.15) is 23.6 Å². The monoisotopic (exact) mass is 443 g/mol. The average molecular weight is 444 g/mol. The molecule has 0 radical (unpaired) electrons. The summed E-state index contributed by atoms with van der Waals surface area (Å²) in [7, 11) is 0. The molecular weight excluding hydrogens is 424 g/mol. The van der Waals surface area contributed by atoms with Crippen molar-refractivity contribution in [1.82, 2.24) is 9.55 Å². The summed E-state index contributed by atoms with van der Waals surface area (Å²) in [6.45, 7) is 2.35. The number of aryl methyl sites for hydroxylation is 1. The number of phenols is 1. The minimum Gasteiger partial charge on any atom is -1.00 e. The topological polar surface area (TPSA) is 104 Å². The molecule has 0 aliphatic heterocycles.